The standard InChI is InChI=1S/C45H50N6O6Si/c1-30-43(58(4,5)37-17-14-35(55-2)15-18-37)41(22-24-49-29-33(23-25-52)46-48-49)57-45(30)38-27-36(56-3)16-20-40(38)50(44(45)54)28-31-10-9-13-34(26-31)51-42(53)21-19-39(47-51)32-11-7-6-8-12-32/h6-18,20,26-27,29-30,41,43,52H,19,21-25,28H2,1-5H3/t30-,41+,43-,45+/m1/s1. The Morgan fingerprint density at radius 1 is 0.914 bits per heavy atom. The van der Waals surface area contributed by atoms with Crippen LogP contribution in [-0.2, 0) is 39.4 Å². The third-order valence-electron chi connectivity index (χ3n) is 12.3. The van der Waals surface area contributed by atoms with Crippen LogP contribution in [-0.4, -0.2) is 72.6 Å². The van der Waals surface area contributed by atoms with Crippen LogP contribution in [0, 0.1) is 5.92 Å². The van der Waals surface area contributed by atoms with Gasteiger partial charge in [0.2, 0.25) is 5.91 Å². The minimum absolute atomic E-state index is 0.000523. The lowest BCUT2D eigenvalue weighted by molar-refractivity contribution is -0.146. The molecule has 13 heteroatoms. The van der Waals surface area contributed by atoms with E-state index in [4.69, 9.17) is 19.3 Å². The van der Waals surface area contributed by atoms with Gasteiger partial charge >= 0.3 is 0 Å². The zero-order valence-corrected chi connectivity index (χ0v) is 34.7. The molecule has 1 N–H and O–H groups in total. The van der Waals surface area contributed by atoms with Crippen LogP contribution in [0.2, 0.25) is 18.6 Å². The maximum Gasteiger partial charge on any atom is 0.264 e. The smallest absolute Gasteiger partial charge is 0.264 e. The van der Waals surface area contributed by atoms with Gasteiger partial charge in [0.1, 0.15) is 11.5 Å². The second kappa shape index (κ2) is 16.0. The number of ether oxygens (including phenoxy) is 3. The van der Waals surface area contributed by atoms with E-state index in [-0.39, 0.29) is 42.5 Å². The highest BCUT2D eigenvalue weighted by molar-refractivity contribution is 6.91. The second-order valence-corrected chi connectivity index (χ2v) is 20.6. The molecule has 2 amide bonds. The van der Waals surface area contributed by atoms with Crippen molar-refractivity contribution in [2.24, 2.45) is 11.0 Å². The number of carbonyl (C=O) groups is 2. The predicted octanol–water partition coefficient (Wildman–Crippen LogP) is 6.21. The normalized spacial score (nSPS) is 21.8. The number of aromatic nitrogens is 3. The Morgan fingerprint density at radius 2 is 1.67 bits per heavy atom. The molecule has 4 heterocycles. The number of hydrogen-bond donors (Lipinski definition) is 1. The number of carbonyl (C=O) groups excluding carboxylic acids is 2. The van der Waals surface area contributed by atoms with Gasteiger partial charge in [0.25, 0.3) is 5.91 Å². The summed E-state index contributed by atoms with van der Waals surface area (Å²) >= 11 is 0. The number of fused-ring (bicyclic) bond motifs is 2. The summed E-state index contributed by atoms with van der Waals surface area (Å²) in [7, 11) is 0.913. The molecule has 8 rings (SSSR count). The highest BCUT2D eigenvalue weighted by atomic mass is 28.3. The topological polar surface area (TPSA) is 132 Å². The molecule has 300 valence electrons. The quantitative estimate of drug-likeness (QED) is 0.139. The molecular formula is C45H50N6O6Si. The average Bonchev–Trinajstić information content (AvgIpc) is 3.90. The third kappa shape index (κ3) is 7.01. The lowest BCUT2D eigenvalue weighted by Crippen LogP contribution is -2.51. The molecule has 3 aliphatic heterocycles. The summed E-state index contributed by atoms with van der Waals surface area (Å²) in [6.45, 7) is 7.70. The van der Waals surface area contributed by atoms with Gasteiger partial charge in [-0.1, -0.05) is 85.0 Å². The summed E-state index contributed by atoms with van der Waals surface area (Å²) in [6, 6.07) is 31.8. The van der Waals surface area contributed by atoms with Gasteiger partial charge < -0.3 is 24.2 Å². The van der Waals surface area contributed by atoms with Crippen molar-refractivity contribution in [2.45, 2.75) is 76.0 Å². The molecule has 1 aromatic heterocycles. The first-order valence-corrected chi connectivity index (χ1v) is 23.0. The minimum atomic E-state index is -2.39. The number of aryl methyl sites for hydroxylation is 1. The first-order chi connectivity index (χ1) is 28.1. The molecule has 3 aliphatic rings. The third-order valence-corrected chi connectivity index (χ3v) is 16.6. The molecule has 5 aromatic rings. The second-order valence-electron chi connectivity index (χ2n) is 16.0. The Bertz CT molecular complexity index is 2330. The van der Waals surface area contributed by atoms with E-state index in [1.54, 1.807) is 18.9 Å². The number of amides is 2. The number of methoxy groups -OCH3 is 2. The fraction of sp³-hybridized carbons (Fsp3) is 0.356. The van der Waals surface area contributed by atoms with Crippen LogP contribution in [0.4, 0.5) is 11.4 Å². The fourth-order valence-electron chi connectivity index (χ4n) is 9.34. The first-order valence-electron chi connectivity index (χ1n) is 19.9. The number of nitrogens with zero attached hydrogens (tertiary/aromatic N) is 6. The van der Waals surface area contributed by atoms with Crippen LogP contribution in [0.1, 0.15) is 48.6 Å². The first kappa shape index (κ1) is 39.2. The van der Waals surface area contributed by atoms with Gasteiger partial charge in [-0.15, -0.1) is 5.10 Å². The van der Waals surface area contributed by atoms with Crippen LogP contribution >= 0.6 is 0 Å². The van der Waals surface area contributed by atoms with E-state index in [9.17, 15) is 9.90 Å². The Balaban J connectivity index is 1.16. The van der Waals surface area contributed by atoms with E-state index in [0.29, 0.717) is 43.7 Å². The number of hydrogen-bond acceptors (Lipinski definition) is 9. The van der Waals surface area contributed by atoms with Crippen molar-refractivity contribution in [3.8, 4) is 11.5 Å². The van der Waals surface area contributed by atoms with Crippen LogP contribution in [0.5, 0.6) is 11.5 Å². The Kier molecular flexibility index (Phi) is 10.8. The maximum absolute atomic E-state index is 15.4. The molecule has 4 atom stereocenters. The SMILES string of the molecule is COc1ccc([Si](C)(C)[C@H]2[C@H](CCn3cc(CCO)nn3)O[C@@]3(C(=O)N(Cc4cccc(N5N=C(c6ccccc6)CCC5=O)c4)c4ccc(OC)cc43)[C@@H]2C)cc1. The Hall–Kier alpha value is -5.63. The number of anilines is 2. The Morgan fingerprint density at radius 3 is 2.41 bits per heavy atom. The van der Waals surface area contributed by atoms with Crippen LogP contribution in [0.3, 0.4) is 0 Å². The van der Waals surface area contributed by atoms with Gasteiger partial charge in [-0.05, 0) is 65.6 Å². The maximum atomic E-state index is 15.4. The molecule has 0 radical (unpaired) electrons. The zero-order valence-electron chi connectivity index (χ0n) is 33.7. The molecule has 1 spiro atoms. The lowest BCUT2D eigenvalue weighted by Gasteiger charge is -2.37. The molecule has 12 nitrogen and oxygen atoms in total. The number of hydrazone groups is 1. The molecule has 0 saturated carbocycles. The van der Waals surface area contributed by atoms with Gasteiger partial charge in [0.05, 0.1) is 57.7 Å². The molecule has 0 unspecified atom stereocenters. The molecule has 58 heavy (non-hydrogen) atoms. The van der Waals surface area contributed by atoms with E-state index in [1.807, 2.05) is 96.0 Å². The number of benzene rings is 4. The summed E-state index contributed by atoms with van der Waals surface area (Å²) in [5.41, 5.74) is 4.39. The van der Waals surface area contributed by atoms with Crippen LogP contribution in [0.25, 0.3) is 0 Å². The van der Waals surface area contributed by atoms with Crippen molar-refractivity contribution in [3.63, 3.8) is 0 Å². The number of aliphatic hydroxyl groups is 1. The monoisotopic (exact) mass is 798 g/mol. The largest absolute Gasteiger partial charge is 0.497 e. The predicted molar refractivity (Wildman–Crippen MR) is 225 cm³/mol. The Labute approximate surface area is 340 Å². The van der Waals surface area contributed by atoms with E-state index >= 15 is 4.79 Å². The van der Waals surface area contributed by atoms with Crippen molar-refractivity contribution >= 4 is 42.2 Å². The minimum Gasteiger partial charge on any atom is -0.497 e. The van der Waals surface area contributed by atoms with Crippen molar-refractivity contribution < 1.29 is 28.9 Å². The van der Waals surface area contributed by atoms with E-state index in [1.165, 1.54) is 10.2 Å². The molecular weight excluding hydrogens is 749 g/mol. The van der Waals surface area contributed by atoms with Gasteiger partial charge in [-0.25, -0.2) is 5.01 Å². The summed E-state index contributed by atoms with van der Waals surface area (Å²) in [6.07, 6.45) is 3.54. The van der Waals surface area contributed by atoms with E-state index in [0.717, 1.165) is 39.5 Å². The average molecular weight is 799 g/mol. The summed E-state index contributed by atoms with van der Waals surface area (Å²) in [4.78, 5) is 30.5. The van der Waals surface area contributed by atoms with Crippen molar-refractivity contribution in [1.29, 1.82) is 0 Å². The molecule has 4 aromatic carbocycles. The van der Waals surface area contributed by atoms with Crippen LogP contribution in [0.15, 0.2) is 108 Å². The van der Waals surface area contributed by atoms with E-state index in [2.05, 4.69) is 42.5 Å². The summed E-state index contributed by atoms with van der Waals surface area (Å²) in [5, 5.41) is 25.6. The molecule has 1 fully saturated rings. The van der Waals surface area contributed by atoms with Gasteiger partial charge in [-0.2, -0.15) is 5.10 Å². The summed E-state index contributed by atoms with van der Waals surface area (Å²) < 4.78 is 20.4. The zero-order chi connectivity index (χ0) is 40.6. The van der Waals surface area contributed by atoms with Crippen LogP contribution < -0.4 is 24.6 Å². The van der Waals surface area contributed by atoms with Crippen molar-refractivity contribution in [2.75, 3.05) is 30.7 Å². The van der Waals surface area contributed by atoms with Gasteiger partial charge in [0.15, 0.2) is 5.60 Å². The van der Waals surface area contributed by atoms with Gasteiger partial charge in [-0.3, -0.25) is 14.3 Å². The van der Waals surface area contributed by atoms with Crippen molar-refractivity contribution in [1.82, 2.24) is 15.0 Å². The number of aliphatic hydroxyl groups excluding tert-OH is 1. The number of rotatable bonds is 13. The molecule has 1 saturated heterocycles. The summed E-state index contributed by atoms with van der Waals surface area (Å²) in [5.74, 6) is 1.03. The molecule has 0 aliphatic carbocycles. The highest BCUT2D eigenvalue weighted by Crippen LogP contribution is 2.60. The fourth-order valence-corrected chi connectivity index (χ4v) is 13.4. The lowest BCUT2D eigenvalue weighted by atomic mass is 9.82. The molecule has 0 bridgehead atoms. The highest BCUT2D eigenvalue weighted by Gasteiger charge is 2.66. The van der Waals surface area contributed by atoms with E-state index < -0.39 is 13.7 Å². The van der Waals surface area contributed by atoms with Gasteiger partial charge in [0, 0.05) is 50.1 Å². The van der Waals surface area contributed by atoms with Crippen molar-refractivity contribution in [3.05, 3.63) is 126 Å².